The lowest BCUT2D eigenvalue weighted by atomic mass is 10.1. The number of unbranched alkanes of at least 4 members (excludes halogenated alkanes) is 1. The quantitative estimate of drug-likeness (QED) is 0.493. The van der Waals surface area contributed by atoms with Gasteiger partial charge in [-0.15, -0.1) is 0 Å². The number of rotatable bonds is 3. The largest absolute Gasteiger partial charge is 0.422 e. The van der Waals surface area contributed by atoms with Crippen LogP contribution in [-0.2, 0) is 19.1 Å². The van der Waals surface area contributed by atoms with Gasteiger partial charge in [0, 0.05) is 13.3 Å². The Balaban J connectivity index is 2.55. The van der Waals surface area contributed by atoms with E-state index in [4.69, 9.17) is 9.47 Å². The summed E-state index contributed by atoms with van der Waals surface area (Å²) in [5.74, 6) is -2.01. The van der Waals surface area contributed by atoms with Crippen molar-refractivity contribution in [2.75, 3.05) is 0 Å². The van der Waals surface area contributed by atoms with Gasteiger partial charge in [0.15, 0.2) is 0 Å². The van der Waals surface area contributed by atoms with Crippen LogP contribution in [0.25, 0.3) is 0 Å². The molecule has 4 heteroatoms. The smallest absolute Gasteiger partial charge is 0.320 e. The Morgan fingerprint density at radius 2 is 1.85 bits per heavy atom. The minimum atomic E-state index is -1.03. The normalized spacial score (nSPS) is 20.8. The third kappa shape index (κ3) is 2.72. The fraction of sp³-hybridized carbons (Fsp3) is 0.778. The topological polar surface area (TPSA) is 52.6 Å². The van der Waals surface area contributed by atoms with Gasteiger partial charge in [-0.3, -0.25) is 9.59 Å². The van der Waals surface area contributed by atoms with Crippen LogP contribution in [0.5, 0.6) is 0 Å². The number of cyclic esters (lactones) is 2. The summed E-state index contributed by atoms with van der Waals surface area (Å²) in [4.78, 5) is 21.9. The van der Waals surface area contributed by atoms with Crippen LogP contribution in [0.1, 0.15) is 39.5 Å². The van der Waals surface area contributed by atoms with E-state index in [1.807, 2.05) is 6.92 Å². The van der Waals surface area contributed by atoms with Crippen molar-refractivity contribution in [1.29, 1.82) is 0 Å². The second-order valence-corrected chi connectivity index (χ2v) is 3.36. The maximum atomic E-state index is 10.9. The zero-order valence-electron chi connectivity index (χ0n) is 7.96. The van der Waals surface area contributed by atoms with E-state index in [1.165, 1.54) is 0 Å². The minimum absolute atomic E-state index is 0.262. The van der Waals surface area contributed by atoms with E-state index < -0.39 is 17.7 Å². The molecule has 0 aromatic rings. The van der Waals surface area contributed by atoms with Crippen LogP contribution in [0, 0.1) is 0 Å². The molecule has 0 aliphatic carbocycles. The molecule has 1 fully saturated rings. The summed E-state index contributed by atoms with van der Waals surface area (Å²) < 4.78 is 9.93. The molecule has 1 aliphatic heterocycles. The van der Waals surface area contributed by atoms with Gasteiger partial charge in [0.05, 0.1) is 0 Å². The lowest BCUT2D eigenvalue weighted by Crippen LogP contribution is -2.42. The van der Waals surface area contributed by atoms with Crippen molar-refractivity contribution in [3.63, 3.8) is 0 Å². The lowest BCUT2D eigenvalue weighted by Gasteiger charge is -2.32. The van der Waals surface area contributed by atoms with Crippen LogP contribution in [0.15, 0.2) is 0 Å². The van der Waals surface area contributed by atoms with Crippen molar-refractivity contribution in [1.82, 2.24) is 0 Å². The highest BCUT2D eigenvalue weighted by Gasteiger charge is 2.38. The molecule has 0 spiro atoms. The van der Waals surface area contributed by atoms with Crippen molar-refractivity contribution in [3.8, 4) is 0 Å². The molecule has 74 valence electrons. The Kier molecular flexibility index (Phi) is 2.90. The average molecular weight is 186 g/mol. The third-order valence-electron chi connectivity index (χ3n) is 1.93. The molecule has 1 aliphatic rings. The molecular formula is C9H14O4. The fourth-order valence-electron chi connectivity index (χ4n) is 1.29. The first-order chi connectivity index (χ1) is 6.06. The molecule has 0 saturated carbocycles. The van der Waals surface area contributed by atoms with Gasteiger partial charge >= 0.3 is 11.9 Å². The molecule has 0 N–H and O–H groups in total. The Morgan fingerprint density at radius 3 is 2.31 bits per heavy atom. The predicted molar refractivity (Wildman–Crippen MR) is 44.7 cm³/mol. The standard InChI is InChI=1S/C9H14O4/c1-3-4-5-9(2)12-7(10)6-8(11)13-9/h3-6H2,1-2H3. The van der Waals surface area contributed by atoms with E-state index in [9.17, 15) is 9.59 Å². The highest BCUT2D eigenvalue weighted by atomic mass is 16.7. The molecular weight excluding hydrogens is 172 g/mol. The molecule has 0 radical (unpaired) electrons. The first-order valence-electron chi connectivity index (χ1n) is 4.49. The maximum absolute atomic E-state index is 10.9. The molecule has 1 rings (SSSR count). The molecule has 1 heterocycles. The lowest BCUT2D eigenvalue weighted by molar-refractivity contribution is -0.239. The maximum Gasteiger partial charge on any atom is 0.320 e. The Hall–Kier alpha value is -1.06. The first-order valence-corrected chi connectivity index (χ1v) is 4.49. The van der Waals surface area contributed by atoms with Gasteiger partial charge in [-0.2, -0.15) is 0 Å². The second-order valence-electron chi connectivity index (χ2n) is 3.36. The van der Waals surface area contributed by atoms with Crippen molar-refractivity contribution in [3.05, 3.63) is 0 Å². The van der Waals surface area contributed by atoms with Crippen LogP contribution in [0.3, 0.4) is 0 Å². The molecule has 0 unspecified atom stereocenters. The van der Waals surface area contributed by atoms with Crippen molar-refractivity contribution in [2.24, 2.45) is 0 Å². The molecule has 0 atom stereocenters. The van der Waals surface area contributed by atoms with Gasteiger partial charge in [-0.05, 0) is 6.42 Å². The van der Waals surface area contributed by atoms with Crippen LogP contribution < -0.4 is 0 Å². The Labute approximate surface area is 77.2 Å². The number of carbonyl (C=O) groups excluding carboxylic acids is 2. The number of carbonyl (C=O) groups is 2. The van der Waals surface area contributed by atoms with Gasteiger partial charge in [0.2, 0.25) is 0 Å². The highest BCUT2D eigenvalue weighted by Crippen LogP contribution is 2.25. The first kappa shape index (κ1) is 10.0. The molecule has 0 aromatic heterocycles. The summed E-state index contributed by atoms with van der Waals surface area (Å²) in [5.41, 5.74) is 0. The van der Waals surface area contributed by atoms with Crippen LogP contribution >= 0.6 is 0 Å². The molecule has 4 nitrogen and oxygen atoms in total. The SMILES string of the molecule is CCCCC1(C)OC(=O)CC(=O)O1. The van der Waals surface area contributed by atoms with E-state index in [2.05, 4.69) is 0 Å². The summed E-state index contributed by atoms with van der Waals surface area (Å²) in [6.45, 7) is 3.65. The van der Waals surface area contributed by atoms with E-state index in [-0.39, 0.29) is 6.42 Å². The van der Waals surface area contributed by atoms with Gasteiger partial charge in [0.25, 0.3) is 5.79 Å². The number of hydrogen-bond donors (Lipinski definition) is 0. The van der Waals surface area contributed by atoms with Gasteiger partial charge in [-0.25, -0.2) is 0 Å². The number of hydrogen-bond acceptors (Lipinski definition) is 4. The van der Waals surface area contributed by atoms with Gasteiger partial charge < -0.3 is 9.47 Å². The van der Waals surface area contributed by atoms with Crippen LogP contribution in [0.2, 0.25) is 0 Å². The van der Waals surface area contributed by atoms with Crippen LogP contribution in [0.4, 0.5) is 0 Å². The number of esters is 2. The van der Waals surface area contributed by atoms with Gasteiger partial charge in [-0.1, -0.05) is 13.3 Å². The summed E-state index contributed by atoms with van der Waals surface area (Å²) in [6.07, 6.45) is 2.16. The second kappa shape index (κ2) is 3.77. The Morgan fingerprint density at radius 1 is 1.31 bits per heavy atom. The van der Waals surface area contributed by atoms with E-state index in [0.717, 1.165) is 12.8 Å². The predicted octanol–water partition coefficient (Wildman–Crippen LogP) is 1.38. The van der Waals surface area contributed by atoms with Crippen LogP contribution in [-0.4, -0.2) is 17.7 Å². The van der Waals surface area contributed by atoms with Gasteiger partial charge in [0.1, 0.15) is 6.42 Å². The van der Waals surface area contributed by atoms with Crippen molar-refractivity contribution >= 4 is 11.9 Å². The molecule has 0 amide bonds. The summed E-state index contributed by atoms with van der Waals surface area (Å²) in [5, 5.41) is 0. The summed E-state index contributed by atoms with van der Waals surface area (Å²) >= 11 is 0. The fourth-order valence-corrected chi connectivity index (χ4v) is 1.29. The van der Waals surface area contributed by atoms with Crippen molar-refractivity contribution in [2.45, 2.75) is 45.3 Å². The third-order valence-corrected chi connectivity index (χ3v) is 1.93. The van der Waals surface area contributed by atoms with Crippen molar-refractivity contribution < 1.29 is 19.1 Å². The van der Waals surface area contributed by atoms with E-state index >= 15 is 0 Å². The monoisotopic (exact) mass is 186 g/mol. The molecule has 13 heavy (non-hydrogen) atoms. The molecule has 0 bridgehead atoms. The zero-order valence-corrected chi connectivity index (χ0v) is 7.96. The summed E-state index contributed by atoms with van der Waals surface area (Å²) in [7, 11) is 0. The highest BCUT2D eigenvalue weighted by molar-refractivity contribution is 5.93. The molecule has 0 aromatic carbocycles. The average Bonchev–Trinajstić information content (AvgIpc) is 1.98. The summed E-state index contributed by atoms with van der Waals surface area (Å²) in [6, 6.07) is 0. The minimum Gasteiger partial charge on any atom is -0.422 e. The molecule has 1 saturated heterocycles. The number of ether oxygens (including phenoxy) is 2. The zero-order chi connectivity index (χ0) is 9.90. The van der Waals surface area contributed by atoms with E-state index in [0.29, 0.717) is 6.42 Å². The Bertz CT molecular complexity index is 206. The van der Waals surface area contributed by atoms with E-state index in [1.54, 1.807) is 6.92 Å².